The van der Waals surface area contributed by atoms with Crippen LogP contribution in [0.15, 0.2) is 72.8 Å². The van der Waals surface area contributed by atoms with Crippen molar-refractivity contribution in [3.8, 4) is 0 Å². The zero-order valence-electron chi connectivity index (χ0n) is 18.6. The van der Waals surface area contributed by atoms with E-state index >= 15 is 0 Å². The highest BCUT2D eigenvalue weighted by atomic mass is 28.4. The molecule has 2 aliphatic heterocycles. The first-order valence-electron chi connectivity index (χ1n) is 11.1. The lowest BCUT2D eigenvalue weighted by Gasteiger charge is -2.44. The highest BCUT2D eigenvalue weighted by molar-refractivity contribution is 6.99. The van der Waals surface area contributed by atoms with Gasteiger partial charge in [0, 0.05) is 18.1 Å². The van der Waals surface area contributed by atoms with Crippen LogP contribution in [-0.2, 0) is 4.43 Å². The molecule has 0 amide bonds. The Morgan fingerprint density at radius 2 is 1.63 bits per heavy atom. The van der Waals surface area contributed by atoms with Crippen molar-refractivity contribution in [1.29, 1.82) is 0 Å². The van der Waals surface area contributed by atoms with Crippen molar-refractivity contribution in [2.75, 3.05) is 19.8 Å². The van der Waals surface area contributed by atoms with Crippen molar-refractivity contribution in [2.45, 2.75) is 56.7 Å². The summed E-state index contributed by atoms with van der Waals surface area (Å²) in [6.45, 7) is 13.0. The maximum Gasteiger partial charge on any atom is 0.261 e. The number of nitrogens with zero attached hydrogens (tertiary/aromatic N) is 1. The molecule has 2 aromatic rings. The van der Waals surface area contributed by atoms with Crippen molar-refractivity contribution >= 4 is 18.7 Å². The summed E-state index contributed by atoms with van der Waals surface area (Å²) in [4.78, 5) is 2.48. The standard InChI is InChI=1S/C26H35NO2Si/c1-21-17-26(20-28)16-15-22(27(26)18-21)19-29-30(25(2,3)4,23-11-7-5-8-12-23)24-13-9-6-10-14-24/h5-14,22,28H,1,15-20H2,2-4H3/t22-,26-/m1/s1. The zero-order valence-corrected chi connectivity index (χ0v) is 19.6. The van der Waals surface area contributed by atoms with Gasteiger partial charge in [0.25, 0.3) is 8.32 Å². The van der Waals surface area contributed by atoms with Crippen LogP contribution >= 0.6 is 0 Å². The van der Waals surface area contributed by atoms with Crippen molar-refractivity contribution in [3.63, 3.8) is 0 Å². The van der Waals surface area contributed by atoms with Crippen LogP contribution in [0, 0.1) is 0 Å². The second-order valence-electron chi connectivity index (χ2n) is 10.1. The predicted octanol–water partition coefficient (Wildman–Crippen LogP) is 3.72. The largest absolute Gasteiger partial charge is 0.406 e. The predicted molar refractivity (Wildman–Crippen MR) is 127 cm³/mol. The Hall–Kier alpha value is -1.72. The van der Waals surface area contributed by atoms with Crippen LogP contribution in [0.5, 0.6) is 0 Å². The monoisotopic (exact) mass is 421 g/mol. The van der Waals surface area contributed by atoms with E-state index in [1.54, 1.807) is 0 Å². The molecule has 4 rings (SSSR count). The van der Waals surface area contributed by atoms with Gasteiger partial charge in [-0.25, -0.2) is 0 Å². The van der Waals surface area contributed by atoms with E-state index in [1.807, 2.05) is 0 Å². The first-order valence-corrected chi connectivity index (χ1v) is 13.0. The molecule has 0 radical (unpaired) electrons. The summed E-state index contributed by atoms with van der Waals surface area (Å²) >= 11 is 0. The van der Waals surface area contributed by atoms with Crippen LogP contribution in [0.1, 0.15) is 40.0 Å². The van der Waals surface area contributed by atoms with E-state index in [-0.39, 0.29) is 17.2 Å². The third-order valence-electron chi connectivity index (χ3n) is 7.17. The van der Waals surface area contributed by atoms with Gasteiger partial charge in [-0.15, -0.1) is 0 Å². The minimum absolute atomic E-state index is 0.0169. The van der Waals surface area contributed by atoms with Crippen LogP contribution in [-0.4, -0.2) is 49.7 Å². The summed E-state index contributed by atoms with van der Waals surface area (Å²) < 4.78 is 7.17. The number of benzene rings is 2. The molecule has 160 valence electrons. The number of aliphatic hydroxyl groups excluding tert-OH is 1. The lowest BCUT2D eigenvalue weighted by molar-refractivity contribution is 0.0614. The molecular weight excluding hydrogens is 386 g/mol. The quantitative estimate of drug-likeness (QED) is 0.570. The maximum atomic E-state index is 10.2. The van der Waals surface area contributed by atoms with Crippen LogP contribution in [0.25, 0.3) is 0 Å². The molecule has 2 heterocycles. The Morgan fingerprint density at radius 3 is 2.13 bits per heavy atom. The number of rotatable bonds is 6. The van der Waals surface area contributed by atoms with Gasteiger partial charge >= 0.3 is 0 Å². The maximum absolute atomic E-state index is 10.2. The van der Waals surface area contributed by atoms with Crippen LogP contribution < -0.4 is 10.4 Å². The van der Waals surface area contributed by atoms with Crippen molar-refractivity contribution in [3.05, 3.63) is 72.8 Å². The smallest absolute Gasteiger partial charge is 0.261 e. The molecule has 0 saturated carbocycles. The van der Waals surface area contributed by atoms with E-state index in [0.717, 1.165) is 25.8 Å². The molecule has 3 nitrogen and oxygen atoms in total. The Bertz CT molecular complexity index is 837. The van der Waals surface area contributed by atoms with Gasteiger partial charge in [0.05, 0.1) is 13.2 Å². The fraction of sp³-hybridized carbons (Fsp3) is 0.462. The Labute approximate surface area is 182 Å². The topological polar surface area (TPSA) is 32.7 Å². The summed E-state index contributed by atoms with van der Waals surface area (Å²) in [6.07, 6.45) is 3.02. The van der Waals surface area contributed by atoms with Gasteiger partial charge in [0.1, 0.15) is 0 Å². The molecule has 0 spiro atoms. The fourth-order valence-electron chi connectivity index (χ4n) is 5.75. The van der Waals surface area contributed by atoms with Gasteiger partial charge in [-0.2, -0.15) is 0 Å². The molecule has 2 saturated heterocycles. The number of hydrogen-bond acceptors (Lipinski definition) is 3. The number of fused-ring (bicyclic) bond motifs is 1. The molecule has 1 N–H and O–H groups in total. The fourth-order valence-corrected chi connectivity index (χ4v) is 10.4. The molecule has 4 heteroatoms. The molecule has 2 atom stereocenters. The summed E-state index contributed by atoms with van der Waals surface area (Å²) in [7, 11) is -2.52. The van der Waals surface area contributed by atoms with Crippen molar-refractivity contribution in [2.24, 2.45) is 0 Å². The molecule has 0 unspecified atom stereocenters. The summed E-state index contributed by atoms with van der Waals surface area (Å²) in [6, 6.07) is 22.0. The summed E-state index contributed by atoms with van der Waals surface area (Å²) in [5, 5.41) is 12.8. The molecule has 0 aromatic heterocycles. The SMILES string of the molecule is C=C1CN2[C@@H](CO[Si](c3ccccc3)(c3ccccc3)C(C)(C)C)CC[C@]2(CO)C1. The zero-order chi connectivity index (χ0) is 21.4. The minimum Gasteiger partial charge on any atom is -0.406 e. The lowest BCUT2D eigenvalue weighted by Crippen LogP contribution is -2.67. The van der Waals surface area contributed by atoms with Gasteiger partial charge in [-0.05, 0) is 34.7 Å². The molecule has 2 aromatic carbocycles. The summed E-state index contributed by atoms with van der Waals surface area (Å²) in [5.41, 5.74) is 1.12. The highest BCUT2D eigenvalue weighted by Crippen LogP contribution is 2.44. The van der Waals surface area contributed by atoms with Gasteiger partial charge in [0.15, 0.2) is 0 Å². The van der Waals surface area contributed by atoms with Crippen LogP contribution in [0.2, 0.25) is 5.04 Å². The molecule has 0 aliphatic carbocycles. The first kappa shape index (κ1) is 21.5. The first-order chi connectivity index (χ1) is 14.3. The average Bonchev–Trinajstić information content (AvgIpc) is 3.24. The normalized spacial score (nSPS) is 24.9. The van der Waals surface area contributed by atoms with Gasteiger partial charge in [0.2, 0.25) is 0 Å². The van der Waals surface area contributed by atoms with E-state index in [9.17, 15) is 5.11 Å². The van der Waals surface area contributed by atoms with Gasteiger partial charge in [-0.1, -0.05) is 93.6 Å². The summed E-state index contributed by atoms with van der Waals surface area (Å²) in [5.74, 6) is 0. The lowest BCUT2D eigenvalue weighted by atomic mass is 9.94. The Kier molecular flexibility index (Phi) is 5.79. The number of hydrogen-bond donors (Lipinski definition) is 1. The van der Waals surface area contributed by atoms with E-state index < -0.39 is 8.32 Å². The Morgan fingerprint density at radius 1 is 1.07 bits per heavy atom. The highest BCUT2D eigenvalue weighted by Gasteiger charge is 2.53. The van der Waals surface area contributed by atoms with E-state index in [4.69, 9.17) is 4.43 Å². The van der Waals surface area contributed by atoms with Crippen molar-refractivity contribution in [1.82, 2.24) is 4.90 Å². The van der Waals surface area contributed by atoms with Crippen molar-refractivity contribution < 1.29 is 9.53 Å². The van der Waals surface area contributed by atoms with E-state index in [0.29, 0.717) is 12.6 Å². The number of aliphatic hydroxyl groups is 1. The molecular formula is C26H35NO2Si. The second kappa shape index (κ2) is 8.08. The molecule has 2 aliphatic rings. The van der Waals surface area contributed by atoms with Gasteiger partial charge in [-0.3, -0.25) is 4.90 Å². The molecule has 0 bridgehead atoms. The molecule has 30 heavy (non-hydrogen) atoms. The minimum atomic E-state index is -2.52. The van der Waals surface area contributed by atoms with E-state index in [1.165, 1.54) is 15.9 Å². The van der Waals surface area contributed by atoms with Crippen LogP contribution in [0.4, 0.5) is 0 Å². The van der Waals surface area contributed by atoms with Crippen LogP contribution in [0.3, 0.4) is 0 Å². The van der Waals surface area contributed by atoms with E-state index in [2.05, 4.69) is 92.9 Å². The van der Waals surface area contributed by atoms with Gasteiger partial charge < -0.3 is 9.53 Å². The third-order valence-corrected chi connectivity index (χ3v) is 12.2. The second-order valence-corrected chi connectivity index (χ2v) is 14.4. The molecule has 2 fully saturated rings. The Balaban J connectivity index is 1.70. The third kappa shape index (κ3) is 3.50. The average molecular weight is 422 g/mol.